The number of nitrogens with zero attached hydrogens (tertiary/aromatic N) is 1. The van der Waals surface area contributed by atoms with E-state index in [1.54, 1.807) is 0 Å². The zero-order valence-electron chi connectivity index (χ0n) is 10.1. The lowest BCUT2D eigenvalue weighted by atomic mass is 10.1. The van der Waals surface area contributed by atoms with Crippen molar-refractivity contribution in [3.63, 3.8) is 0 Å². The van der Waals surface area contributed by atoms with Gasteiger partial charge in [0.05, 0.1) is 6.10 Å². The third-order valence-electron chi connectivity index (χ3n) is 2.68. The molecule has 0 bridgehead atoms. The maximum Gasteiger partial charge on any atom is 0.0789 e. The molecule has 16 heavy (non-hydrogen) atoms. The summed E-state index contributed by atoms with van der Waals surface area (Å²) in [5.41, 5.74) is 6.70. The van der Waals surface area contributed by atoms with Crippen LogP contribution in [0.1, 0.15) is 19.4 Å². The molecule has 0 spiro atoms. The quantitative estimate of drug-likeness (QED) is 0.761. The molecular formula is C13H22N2O. The van der Waals surface area contributed by atoms with Gasteiger partial charge in [0.25, 0.3) is 0 Å². The van der Waals surface area contributed by atoms with Crippen LogP contribution in [-0.4, -0.2) is 35.2 Å². The van der Waals surface area contributed by atoms with E-state index in [0.29, 0.717) is 19.1 Å². The van der Waals surface area contributed by atoms with Crippen LogP contribution in [0.2, 0.25) is 0 Å². The molecule has 0 saturated carbocycles. The largest absolute Gasteiger partial charge is 0.390 e. The van der Waals surface area contributed by atoms with Gasteiger partial charge in [-0.1, -0.05) is 30.3 Å². The number of aliphatic hydroxyl groups excluding tert-OH is 1. The molecule has 0 heterocycles. The zero-order chi connectivity index (χ0) is 12.0. The van der Waals surface area contributed by atoms with Crippen LogP contribution in [0.5, 0.6) is 0 Å². The average Bonchev–Trinajstić information content (AvgIpc) is 2.29. The van der Waals surface area contributed by atoms with Crippen molar-refractivity contribution in [1.82, 2.24) is 4.90 Å². The van der Waals surface area contributed by atoms with Crippen LogP contribution in [0.4, 0.5) is 0 Å². The molecule has 1 atom stereocenters. The number of nitrogens with two attached hydrogens (primary N) is 1. The average molecular weight is 222 g/mol. The second-order valence-corrected chi connectivity index (χ2v) is 4.40. The molecule has 0 aliphatic rings. The summed E-state index contributed by atoms with van der Waals surface area (Å²) in [5, 5.41) is 9.59. The highest BCUT2D eigenvalue weighted by atomic mass is 16.3. The molecule has 3 heteroatoms. The third-order valence-corrected chi connectivity index (χ3v) is 2.68. The molecule has 0 amide bonds. The van der Waals surface area contributed by atoms with Crippen molar-refractivity contribution in [2.45, 2.75) is 32.5 Å². The van der Waals surface area contributed by atoms with Crippen molar-refractivity contribution in [3.8, 4) is 0 Å². The predicted octanol–water partition coefficient (Wildman–Crippen LogP) is 1.22. The molecule has 1 rings (SSSR count). The standard InChI is InChI=1S/C13H22N2O/c1-11(2)15(10-13(16)8-14)9-12-6-4-3-5-7-12/h3-7,11,13,16H,8-10,14H2,1-2H3. The lowest BCUT2D eigenvalue weighted by molar-refractivity contribution is 0.0960. The molecule has 1 aromatic rings. The van der Waals surface area contributed by atoms with E-state index in [1.165, 1.54) is 5.56 Å². The van der Waals surface area contributed by atoms with Crippen molar-refractivity contribution < 1.29 is 5.11 Å². The third kappa shape index (κ3) is 4.31. The molecule has 0 aliphatic heterocycles. The monoisotopic (exact) mass is 222 g/mol. The highest BCUT2D eigenvalue weighted by molar-refractivity contribution is 5.14. The molecule has 0 aromatic heterocycles. The predicted molar refractivity (Wildman–Crippen MR) is 67.0 cm³/mol. The van der Waals surface area contributed by atoms with Crippen LogP contribution >= 0.6 is 0 Å². The van der Waals surface area contributed by atoms with Gasteiger partial charge in [0.2, 0.25) is 0 Å². The maximum atomic E-state index is 9.59. The van der Waals surface area contributed by atoms with Gasteiger partial charge in [-0.3, -0.25) is 4.90 Å². The first-order valence-corrected chi connectivity index (χ1v) is 5.79. The van der Waals surface area contributed by atoms with E-state index in [4.69, 9.17) is 5.73 Å². The lowest BCUT2D eigenvalue weighted by Crippen LogP contribution is -2.39. The molecule has 0 radical (unpaired) electrons. The molecule has 90 valence electrons. The van der Waals surface area contributed by atoms with Gasteiger partial charge in [-0.2, -0.15) is 0 Å². The normalized spacial score (nSPS) is 13.4. The zero-order valence-corrected chi connectivity index (χ0v) is 10.1. The Morgan fingerprint density at radius 2 is 1.88 bits per heavy atom. The summed E-state index contributed by atoms with van der Waals surface area (Å²) in [6.45, 7) is 6.06. The molecule has 0 fully saturated rings. The SMILES string of the molecule is CC(C)N(Cc1ccccc1)CC(O)CN. The van der Waals surface area contributed by atoms with Gasteiger partial charge in [-0.25, -0.2) is 0 Å². The van der Waals surface area contributed by atoms with Gasteiger partial charge in [0.15, 0.2) is 0 Å². The fourth-order valence-corrected chi connectivity index (χ4v) is 1.62. The summed E-state index contributed by atoms with van der Waals surface area (Å²) in [4.78, 5) is 2.23. The van der Waals surface area contributed by atoms with Gasteiger partial charge in [0.1, 0.15) is 0 Å². The number of aliphatic hydroxyl groups is 1. The Bertz CT molecular complexity index is 287. The number of rotatable bonds is 6. The smallest absolute Gasteiger partial charge is 0.0789 e. The fraction of sp³-hybridized carbons (Fsp3) is 0.538. The molecule has 0 aliphatic carbocycles. The second kappa shape index (κ2) is 6.63. The van der Waals surface area contributed by atoms with Gasteiger partial charge >= 0.3 is 0 Å². The summed E-state index contributed by atoms with van der Waals surface area (Å²) >= 11 is 0. The summed E-state index contributed by atoms with van der Waals surface area (Å²) in [6, 6.07) is 10.7. The molecule has 3 N–H and O–H groups in total. The van der Waals surface area contributed by atoms with E-state index in [2.05, 4.69) is 30.9 Å². The first-order chi connectivity index (χ1) is 7.63. The molecule has 3 nitrogen and oxygen atoms in total. The Balaban J connectivity index is 2.58. The topological polar surface area (TPSA) is 49.5 Å². The molecule has 1 aromatic carbocycles. The van der Waals surface area contributed by atoms with Gasteiger partial charge in [-0.15, -0.1) is 0 Å². The van der Waals surface area contributed by atoms with Crippen LogP contribution in [0.3, 0.4) is 0 Å². The van der Waals surface area contributed by atoms with Crippen LogP contribution in [0, 0.1) is 0 Å². The highest BCUT2D eigenvalue weighted by Crippen LogP contribution is 2.08. The molecular weight excluding hydrogens is 200 g/mol. The Morgan fingerprint density at radius 3 is 2.38 bits per heavy atom. The Morgan fingerprint density at radius 1 is 1.25 bits per heavy atom. The van der Waals surface area contributed by atoms with E-state index in [9.17, 15) is 5.11 Å². The second-order valence-electron chi connectivity index (χ2n) is 4.40. The van der Waals surface area contributed by atoms with Crippen LogP contribution in [0.25, 0.3) is 0 Å². The van der Waals surface area contributed by atoms with Crippen molar-refractivity contribution in [1.29, 1.82) is 0 Å². The van der Waals surface area contributed by atoms with Gasteiger partial charge in [-0.05, 0) is 19.4 Å². The van der Waals surface area contributed by atoms with Crippen LogP contribution < -0.4 is 5.73 Å². The number of benzene rings is 1. The van der Waals surface area contributed by atoms with Crippen molar-refractivity contribution >= 4 is 0 Å². The number of hydrogen-bond acceptors (Lipinski definition) is 3. The van der Waals surface area contributed by atoms with Crippen LogP contribution in [0.15, 0.2) is 30.3 Å². The van der Waals surface area contributed by atoms with E-state index < -0.39 is 6.10 Å². The van der Waals surface area contributed by atoms with Crippen LogP contribution in [-0.2, 0) is 6.54 Å². The minimum atomic E-state index is -0.439. The van der Waals surface area contributed by atoms with E-state index in [-0.39, 0.29) is 0 Å². The highest BCUT2D eigenvalue weighted by Gasteiger charge is 2.13. The van der Waals surface area contributed by atoms with E-state index >= 15 is 0 Å². The summed E-state index contributed by atoms with van der Waals surface area (Å²) in [7, 11) is 0. The summed E-state index contributed by atoms with van der Waals surface area (Å²) < 4.78 is 0. The Labute approximate surface area is 97.9 Å². The lowest BCUT2D eigenvalue weighted by Gasteiger charge is -2.28. The Hall–Kier alpha value is -0.900. The summed E-state index contributed by atoms with van der Waals surface area (Å²) in [6.07, 6.45) is -0.439. The fourth-order valence-electron chi connectivity index (χ4n) is 1.62. The van der Waals surface area contributed by atoms with E-state index in [1.807, 2.05) is 18.2 Å². The first-order valence-electron chi connectivity index (χ1n) is 5.79. The maximum absolute atomic E-state index is 9.59. The minimum Gasteiger partial charge on any atom is -0.390 e. The van der Waals surface area contributed by atoms with Gasteiger partial charge in [0, 0.05) is 25.7 Å². The minimum absolute atomic E-state index is 0.317. The number of hydrogen-bond donors (Lipinski definition) is 2. The van der Waals surface area contributed by atoms with Crippen molar-refractivity contribution in [3.05, 3.63) is 35.9 Å². The van der Waals surface area contributed by atoms with E-state index in [0.717, 1.165) is 6.54 Å². The van der Waals surface area contributed by atoms with Crippen molar-refractivity contribution in [2.75, 3.05) is 13.1 Å². The molecule has 0 saturated heterocycles. The molecule has 1 unspecified atom stereocenters. The first kappa shape index (κ1) is 13.2. The van der Waals surface area contributed by atoms with Gasteiger partial charge < -0.3 is 10.8 Å². The summed E-state index contributed by atoms with van der Waals surface area (Å²) in [5.74, 6) is 0. The van der Waals surface area contributed by atoms with Crippen molar-refractivity contribution in [2.24, 2.45) is 5.73 Å². The Kier molecular flexibility index (Phi) is 5.46.